The molecule has 0 spiro atoms. The summed E-state index contributed by atoms with van der Waals surface area (Å²) in [7, 11) is 0. The van der Waals surface area contributed by atoms with Gasteiger partial charge in [-0.2, -0.15) is 11.8 Å². The Bertz CT molecular complexity index is 400. The summed E-state index contributed by atoms with van der Waals surface area (Å²) >= 11 is 1.61. The summed E-state index contributed by atoms with van der Waals surface area (Å²) in [5.74, 6) is 1.05. The molecule has 1 saturated heterocycles. The largest absolute Gasteiger partial charge is 0.379 e. The molecule has 0 bridgehead atoms. The van der Waals surface area contributed by atoms with Crippen LogP contribution in [0, 0.1) is 6.92 Å². The topological polar surface area (TPSA) is 49.3 Å². The van der Waals surface area contributed by atoms with Crippen LogP contribution in [0.2, 0.25) is 0 Å². The van der Waals surface area contributed by atoms with Crippen LogP contribution in [0.25, 0.3) is 0 Å². The van der Waals surface area contributed by atoms with Crippen LogP contribution in [-0.4, -0.2) is 28.1 Å². The molecule has 16 heavy (non-hydrogen) atoms. The minimum Gasteiger partial charge on any atom is -0.379 e. The molecule has 1 atom stereocenters. The Hall–Kier alpha value is -1.000. The summed E-state index contributed by atoms with van der Waals surface area (Å²) in [5.41, 5.74) is 0.593. The van der Waals surface area contributed by atoms with Gasteiger partial charge in [-0.25, -0.2) is 0 Å². The fraction of sp³-hybridized carbons (Fsp3) is 0.417. The van der Waals surface area contributed by atoms with Gasteiger partial charge in [-0.3, -0.25) is 4.79 Å². The predicted octanol–water partition coefficient (Wildman–Crippen LogP) is 1.80. The monoisotopic (exact) mass is 237 g/mol. The Morgan fingerprint density at radius 1 is 1.50 bits per heavy atom. The van der Waals surface area contributed by atoms with Crippen LogP contribution in [0.5, 0.6) is 0 Å². The molecule has 3 nitrogen and oxygen atoms in total. The number of hydrogen-bond acceptors (Lipinski definition) is 3. The number of carbonyl (C=O) groups is 1. The van der Waals surface area contributed by atoms with Crippen LogP contribution in [0.3, 0.4) is 0 Å². The van der Waals surface area contributed by atoms with Crippen LogP contribution in [0.15, 0.2) is 24.3 Å². The van der Waals surface area contributed by atoms with Crippen molar-refractivity contribution < 1.29 is 9.90 Å². The van der Waals surface area contributed by atoms with Crippen molar-refractivity contribution in [2.75, 3.05) is 16.8 Å². The van der Waals surface area contributed by atoms with Crippen molar-refractivity contribution in [1.29, 1.82) is 0 Å². The van der Waals surface area contributed by atoms with Gasteiger partial charge in [0.1, 0.15) is 0 Å². The van der Waals surface area contributed by atoms with Gasteiger partial charge in [-0.1, -0.05) is 18.2 Å². The lowest BCUT2D eigenvalue weighted by molar-refractivity contribution is -0.131. The number of thioether (sulfide) groups is 1. The quantitative estimate of drug-likeness (QED) is 0.824. The summed E-state index contributed by atoms with van der Waals surface area (Å²) in [4.78, 5) is 11.9. The summed E-state index contributed by atoms with van der Waals surface area (Å²) in [6, 6.07) is 7.57. The fourth-order valence-electron chi connectivity index (χ4n) is 1.69. The Labute approximate surface area is 99.2 Å². The summed E-state index contributed by atoms with van der Waals surface area (Å²) in [6.45, 7) is 1.93. The molecular formula is C12H15NO2S. The van der Waals surface area contributed by atoms with Crippen molar-refractivity contribution in [1.82, 2.24) is 0 Å². The van der Waals surface area contributed by atoms with Crippen molar-refractivity contribution in [2.24, 2.45) is 0 Å². The second kappa shape index (κ2) is 4.47. The Balaban J connectivity index is 2.10. The number of benzene rings is 1. The third kappa shape index (κ3) is 2.23. The third-order valence-corrected chi connectivity index (χ3v) is 3.99. The maximum absolute atomic E-state index is 11.9. The molecule has 0 saturated carbocycles. The molecule has 1 aliphatic rings. The molecule has 0 radical (unpaired) electrons. The van der Waals surface area contributed by atoms with Gasteiger partial charge < -0.3 is 10.4 Å². The van der Waals surface area contributed by atoms with E-state index in [2.05, 4.69) is 5.32 Å². The highest BCUT2D eigenvalue weighted by molar-refractivity contribution is 7.99. The van der Waals surface area contributed by atoms with Crippen LogP contribution in [0.1, 0.15) is 12.0 Å². The Morgan fingerprint density at radius 3 is 2.88 bits per heavy atom. The van der Waals surface area contributed by atoms with Gasteiger partial charge in [0.2, 0.25) is 0 Å². The van der Waals surface area contributed by atoms with E-state index in [4.69, 9.17) is 0 Å². The molecule has 2 rings (SSSR count). The summed E-state index contributed by atoms with van der Waals surface area (Å²) < 4.78 is 0. The van der Waals surface area contributed by atoms with Crippen LogP contribution < -0.4 is 5.32 Å². The van der Waals surface area contributed by atoms with Gasteiger partial charge in [0.25, 0.3) is 5.91 Å². The van der Waals surface area contributed by atoms with Crippen molar-refractivity contribution in [2.45, 2.75) is 18.9 Å². The highest BCUT2D eigenvalue weighted by Gasteiger charge is 2.39. The number of amides is 1. The van der Waals surface area contributed by atoms with Gasteiger partial charge in [-0.15, -0.1) is 0 Å². The zero-order valence-corrected chi connectivity index (χ0v) is 10.0. The van der Waals surface area contributed by atoms with Gasteiger partial charge in [-0.05, 0) is 30.7 Å². The first-order valence-corrected chi connectivity index (χ1v) is 6.44. The summed E-state index contributed by atoms with van der Waals surface area (Å²) in [6.07, 6.45) is 0.537. The van der Waals surface area contributed by atoms with E-state index < -0.39 is 5.60 Å². The van der Waals surface area contributed by atoms with Crippen molar-refractivity contribution in [3.05, 3.63) is 29.8 Å². The number of carbonyl (C=O) groups excluding carboxylic acids is 1. The minimum absolute atomic E-state index is 0.285. The molecule has 1 fully saturated rings. The molecule has 1 aromatic rings. The number of hydrogen-bond donors (Lipinski definition) is 2. The average Bonchev–Trinajstić information content (AvgIpc) is 2.70. The Morgan fingerprint density at radius 2 is 2.25 bits per heavy atom. The molecule has 0 aromatic heterocycles. The molecule has 1 unspecified atom stereocenters. The van der Waals surface area contributed by atoms with Crippen molar-refractivity contribution in [3.63, 3.8) is 0 Å². The number of para-hydroxylation sites is 1. The first-order chi connectivity index (χ1) is 7.62. The van der Waals surface area contributed by atoms with Gasteiger partial charge in [0.05, 0.1) is 0 Å². The molecule has 2 N–H and O–H groups in total. The highest BCUT2D eigenvalue weighted by atomic mass is 32.2. The standard InChI is InChI=1S/C12H15NO2S/c1-9-4-2-3-5-10(9)13-11(14)12(15)6-7-16-8-12/h2-5,15H,6-8H2,1H3,(H,13,14). The Kier molecular flexibility index (Phi) is 3.21. The number of anilines is 1. The second-order valence-electron chi connectivity index (χ2n) is 4.10. The maximum Gasteiger partial charge on any atom is 0.257 e. The van der Waals surface area contributed by atoms with Crippen molar-refractivity contribution in [3.8, 4) is 0 Å². The number of aliphatic hydroxyl groups is 1. The number of aryl methyl sites for hydroxylation is 1. The molecule has 86 valence electrons. The third-order valence-electron chi connectivity index (χ3n) is 2.82. The zero-order valence-electron chi connectivity index (χ0n) is 9.19. The van der Waals surface area contributed by atoms with Crippen molar-refractivity contribution >= 4 is 23.4 Å². The van der Waals surface area contributed by atoms with E-state index in [1.807, 2.05) is 31.2 Å². The van der Waals surface area contributed by atoms with Gasteiger partial charge >= 0.3 is 0 Å². The molecule has 1 heterocycles. The number of rotatable bonds is 2. The van der Waals surface area contributed by atoms with Gasteiger partial charge in [0, 0.05) is 11.4 Å². The van der Waals surface area contributed by atoms with E-state index in [9.17, 15) is 9.90 Å². The highest BCUT2D eigenvalue weighted by Crippen LogP contribution is 2.29. The lowest BCUT2D eigenvalue weighted by Crippen LogP contribution is -2.42. The molecular weight excluding hydrogens is 222 g/mol. The molecule has 1 amide bonds. The molecule has 1 aliphatic heterocycles. The predicted molar refractivity (Wildman–Crippen MR) is 66.7 cm³/mol. The van der Waals surface area contributed by atoms with E-state index >= 15 is 0 Å². The lowest BCUT2D eigenvalue weighted by Gasteiger charge is -2.20. The smallest absolute Gasteiger partial charge is 0.257 e. The fourth-order valence-corrected chi connectivity index (χ4v) is 2.92. The average molecular weight is 237 g/mol. The first kappa shape index (κ1) is 11.5. The van der Waals surface area contributed by atoms with Crippen LogP contribution in [0.4, 0.5) is 5.69 Å². The van der Waals surface area contributed by atoms with E-state index in [-0.39, 0.29) is 5.91 Å². The SMILES string of the molecule is Cc1ccccc1NC(=O)C1(O)CCSC1. The van der Waals surface area contributed by atoms with Crippen LogP contribution >= 0.6 is 11.8 Å². The van der Waals surface area contributed by atoms with E-state index in [0.717, 1.165) is 17.0 Å². The van der Waals surface area contributed by atoms with E-state index in [0.29, 0.717) is 12.2 Å². The van der Waals surface area contributed by atoms with E-state index in [1.54, 1.807) is 11.8 Å². The number of nitrogens with one attached hydrogen (secondary N) is 1. The van der Waals surface area contributed by atoms with E-state index in [1.165, 1.54) is 0 Å². The van der Waals surface area contributed by atoms with Crippen LogP contribution in [-0.2, 0) is 4.79 Å². The zero-order chi connectivity index (χ0) is 11.6. The second-order valence-corrected chi connectivity index (χ2v) is 5.21. The lowest BCUT2D eigenvalue weighted by atomic mass is 10.0. The summed E-state index contributed by atoms with van der Waals surface area (Å²) in [5, 5.41) is 12.9. The maximum atomic E-state index is 11.9. The molecule has 1 aromatic carbocycles. The van der Waals surface area contributed by atoms with Gasteiger partial charge in [0.15, 0.2) is 5.60 Å². The normalized spacial score (nSPS) is 24.4. The molecule has 0 aliphatic carbocycles. The molecule has 4 heteroatoms. The first-order valence-electron chi connectivity index (χ1n) is 5.29. The minimum atomic E-state index is -1.19.